The van der Waals surface area contributed by atoms with Gasteiger partial charge in [-0.15, -0.1) is 0 Å². The lowest BCUT2D eigenvalue weighted by molar-refractivity contribution is 0.373. The van der Waals surface area contributed by atoms with Crippen molar-refractivity contribution in [1.29, 1.82) is 0 Å². The van der Waals surface area contributed by atoms with Crippen LogP contribution in [0.15, 0.2) is 42.0 Å². The minimum Gasteiger partial charge on any atom is -0.257 e. The predicted octanol–water partition coefficient (Wildman–Crippen LogP) is 10.5. The molecular weight excluding hydrogens is 446 g/mol. The van der Waals surface area contributed by atoms with Gasteiger partial charge in [0.2, 0.25) is 0 Å². The summed E-state index contributed by atoms with van der Waals surface area (Å²) in [5.74, 6) is 1.98. The van der Waals surface area contributed by atoms with E-state index >= 15 is 0 Å². The third-order valence-electron chi connectivity index (χ3n) is 10.3. The summed E-state index contributed by atoms with van der Waals surface area (Å²) in [4.78, 5) is 5.82. The summed E-state index contributed by atoms with van der Waals surface area (Å²) < 4.78 is 0. The molecule has 0 aliphatic heterocycles. The van der Waals surface area contributed by atoms with Crippen molar-refractivity contribution in [2.75, 3.05) is 0 Å². The minimum absolute atomic E-state index is 0.606. The number of pyridine rings is 1. The average molecular weight is 496 g/mol. The summed E-state index contributed by atoms with van der Waals surface area (Å²) in [5.41, 5.74) is 11.3. The largest absolute Gasteiger partial charge is 0.257 e. The molecule has 0 radical (unpaired) electrons. The number of aromatic nitrogens is 1. The second kappa shape index (κ2) is 12.3. The van der Waals surface area contributed by atoms with Gasteiger partial charge in [0.05, 0.1) is 5.69 Å². The molecule has 0 bridgehead atoms. The Morgan fingerprint density at radius 2 is 1.14 bits per heavy atom. The molecule has 0 N–H and O–H groups in total. The normalized spacial score (nSPS) is 29.8. The Bertz CT molecular complexity index is 1070. The Morgan fingerprint density at radius 3 is 1.92 bits per heavy atom. The van der Waals surface area contributed by atoms with Crippen LogP contribution in [0.2, 0.25) is 0 Å². The van der Waals surface area contributed by atoms with Gasteiger partial charge >= 0.3 is 0 Å². The van der Waals surface area contributed by atoms with E-state index in [1.54, 1.807) is 22.3 Å². The Hall–Kier alpha value is -1.89. The quantitative estimate of drug-likeness (QED) is 0.349. The molecule has 37 heavy (non-hydrogen) atoms. The van der Waals surface area contributed by atoms with Gasteiger partial charge in [-0.1, -0.05) is 114 Å². The molecular formula is C36H49N. The minimum atomic E-state index is 0.606. The van der Waals surface area contributed by atoms with E-state index in [4.69, 9.17) is 4.98 Å². The molecule has 0 aromatic carbocycles. The van der Waals surface area contributed by atoms with E-state index in [1.165, 1.54) is 145 Å². The van der Waals surface area contributed by atoms with Gasteiger partial charge in [-0.3, -0.25) is 4.98 Å². The highest BCUT2D eigenvalue weighted by Gasteiger charge is 2.38. The van der Waals surface area contributed by atoms with Crippen LogP contribution in [0.5, 0.6) is 0 Å². The van der Waals surface area contributed by atoms with Crippen molar-refractivity contribution in [2.45, 2.75) is 140 Å². The fraction of sp³-hybridized carbons (Fsp3) is 0.639. The molecule has 6 rings (SSSR count). The monoisotopic (exact) mass is 495 g/mol. The number of fused-ring (bicyclic) bond motifs is 6. The predicted molar refractivity (Wildman–Crippen MR) is 158 cm³/mol. The van der Waals surface area contributed by atoms with E-state index in [0.29, 0.717) is 11.8 Å². The maximum atomic E-state index is 5.82. The van der Waals surface area contributed by atoms with Gasteiger partial charge in [-0.2, -0.15) is 0 Å². The molecule has 1 heteroatoms. The van der Waals surface area contributed by atoms with Crippen molar-refractivity contribution in [3.05, 3.63) is 70.1 Å². The summed E-state index contributed by atoms with van der Waals surface area (Å²) >= 11 is 0. The Kier molecular flexibility index (Phi) is 8.45. The lowest BCUT2D eigenvalue weighted by Crippen LogP contribution is -2.27. The van der Waals surface area contributed by atoms with Gasteiger partial charge < -0.3 is 0 Å². The second-order valence-electron chi connectivity index (χ2n) is 12.7. The zero-order chi connectivity index (χ0) is 24.9. The molecule has 0 saturated heterocycles. The van der Waals surface area contributed by atoms with E-state index in [1.807, 2.05) is 0 Å². The van der Waals surface area contributed by atoms with Crippen LogP contribution in [-0.2, 0) is 12.8 Å². The summed E-state index contributed by atoms with van der Waals surface area (Å²) in [6, 6.07) is 0. The standard InChI is InChI=1S/C36H49N/c1-2-6-16-24-31-29(22-13-5-1)28-21-14-8-9-15-23-30(28)35-32-25-17-7-3-4-11-19-27-20-12-10-18-26-33(34(27)32)37-36(31)35/h8-9,14-15,21,23,27,29,31H,1-7,10-13,16-20,22,24-26H2/b9-8?,14-8?,15-9?,21-14-,23-15?,28-21?,30-23?. The molecule has 0 spiro atoms. The Labute approximate surface area is 226 Å². The first-order chi connectivity index (χ1) is 18.4. The lowest BCUT2D eigenvalue weighted by atomic mass is 9.66. The van der Waals surface area contributed by atoms with Gasteiger partial charge in [-0.25, -0.2) is 0 Å². The third kappa shape index (κ3) is 5.48. The van der Waals surface area contributed by atoms with Crippen molar-refractivity contribution in [1.82, 2.24) is 4.98 Å². The van der Waals surface area contributed by atoms with Crippen LogP contribution < -0.4 is 0 Å². The highest BCUT2D eigenvalue weighted by atomic mass is 14.8. The highest BCUT2D eigenvalue weighted by molar-refractivity contribution is 5.85. The highest BCUT2D eigenvalue weighted by Crippen LogP contribution is 2.51. The van der Waals surface area contributed by atoms with Crippen molar-refractivity contribution in [3.63, 3.8) is 0 Å². The molecule has 198 valence electrons. The van der Waals surface area contributed by atoms with E-state index in [0.717, 1.165) is 5.92 Å². The van der Waals surface area contributed by atoms with Gasteiger partial charge in [0, 0.05) is 17.2 Å². The van der Waals surface area contributed by atoms with Gasteiger partial charge in [0.1, 0.15) is 0 Å². The molecule has 1 nitrogen and oxygen atoms in total. The first-order valence-electron chi connectivity index (χ1n) is 16.2. The number of nitrogens with zero attached hydrogens (tertiary/aromatic N) is 1. The number of hydrogen-bond acceptors (Lipinski definition) is 1. The van der Waals surface area contributed by atoms with Crippen LogP contribution in [0.3, 0.4) is 0 Å². The van der Waals surface area contributed by atoms with Crippen molar-refractivity contribution < 1.29 is 0 Å². The molecule has 1 aromatic heterocycles. The topological polar surface area (TPSA) is 12.9 Å². The summed E-state index contributed by atoms with van der Waals surface area (Å²) in [7, 11) is 0. The van der Waals surface area contributed by atoms with Gasteiger partial charge in [-0.05, 0) is 85.5 Å². The first-order valence-corrected chi connectivity index (χ1v) is 16.2. The maximum absolute atomic E-state index is 5.82. The number of hydrogen-bond donors (Lipinski definition) is 0. The molecule has 5 aliphatic carbocycles. The maximum Gasteiger partial charge on any atom is 0.0525 e. The molecule has 3 atom stereocenters. The van der Waals surface area contributed by atoms with Crippen LogP contribution in [0.4, 0.5) is 0 Å². The van der Waals surface area contributed by atoms with Crippen LogP contribution in [0.25, 0.3) is 5.57 Å². The Morgan fingerprint density at radius 1 is 0.541 bits per heavy atom. The van der Waals surface area contributed by atoms with Crippen molar-refractivity contribution in [3.8, 4) is 0 Å². The summed E-state index contributed by atoms with van der Waals surface area (Å²) in [5, 5.41) is 0. The van der Waals surface area contributed by atoms with E-state index in [9.17, 15) is 0 Å². The van der Waals surface area contributed by atoms with Crippen molar-refractivity contribution >= 4 is 5.57 Å². The molecule has 3 unspecified atom stereocenters. The molecule has 1 saturated carbocycles. The van der Waals surface area contributed by atoms with E-state index < -0.39 is 0 Å². The number of rotatable bonds is 0. The number of aryl methyl sites for hydroxylation is 1. The smallest absolute Gasteiger partial charge is 0.0525 e. The van der Waals surface area contributed by atoms with Crippen LogP contribution in [0, 0.1) is 5.92 Å². The summed E-state index contributed by atoms with van der Waals surface area (Å²) in [6.45, 7) is 0. The fourth-order valence-electron chi connectivity index (χ4n) is 8.46. The van der Waals surface area contributed by atoms with Crippen LogP contribution in [-0.4, -0.2) is 4.98 Å². The number of allylic oxidation sites excluding steroid dienone is 8. The van der Waals surface area contributed by atoms with Crippen LogP contribution in [0.1, 0.15) is 155 Å². The Balaban J connectivity index is 1.58. The van der Waals surface area contributed by atoms with E-state index in [-0.39, 0.29) is 0 Å². The molecule has 0 amide bonds. The SMILES string of the molecule is C1=C/C=C\C2=C(C=C1)c1c(nc3c4c1CCCCCCCC4CCCCC3)C1CCCCCCCCC21. The fourth-order valence-corrected chi connectivity index (χ4v) is 8.46. The van der Waals surface area contributed by atoms with E-state index in [2.05, 4.69) is 36.5 Å². The average Bonchev–Trinajstić information content (AvgIpc) is 2.88. The molecule has 1 heterocycles. The van der Waals surface area contributed by atoms with Gasteiger partial charge in [0.15, 0.2) is 0 Å². The van der Waals surface area contributed by atoms with Gasteiger partial charge in [0.25, 0.3) is 0 Å². The lowest BCUT2D eigenvalue weighted by Gasteiger charge is -2.39. The third-order valence-corrected chi connectivity index (χ3v) is 10.3. The zero-order valence-electron chi connectivity index (χ0n) is 23.3. The first kappa shape index (κ1) is 25.4. The summed E-state index contributed by atoms with van der Waals surface area (Å²) in [6.07, 6.45) is 41.5. The molecule has 5 aliphatic rings. The molecule has 1 fully saturated rings. The second-order valence-corrected chi connectivity index (χ2v) is 12.7. The zero-order valence-corrected chi connectivity index (χ0v) is 23.3. The van der Waals surface area contributed by atoms with Crippen LogP contribution >= 0.6 is 0 Å². The molecule has 1 aromatic rings. The van der Waals surface area contributed by atoms with Crippen molar-refractivity contribution in [2.24, 2.45) is 5.92 Å².